The first kappa shape index (κ1) is 19.7. The molecule has 0 N–H and O–H groups in total. The van der Waals surface area contributed by atoms with Crippen LogP contribution >= 0.6 is 0 Å². The summed E-state index contributed by atoms with van der Waals surface area (Å²) in [5.74, 6) is 0.00801. The molecule has 2 bridgehead atoms. The van der Waals surface area contributed by atoms with Gasteiger partial charge in [0.1, 0.15) is 0 Å². The molecule has 160 valence electrons. The van der Waals surface area contributed by atoms with Crippen LogP contribution in [0.25, 0.3) is 0 Å². The zero-order valence-electron chi connectivity index (χ0n) is 17.4. The largest absolute Gasteiger partial charge is 0.465 e. The predicted octanol–water partition coefficient (Wildman–Crippen LogP) is 4.06. The first-order valence-corrected chi connectivity index (χ1v) is 11.2. The van der Waals surface area contributed by atoms with Gasteiger partial charge in [0.2, 0.25) is 5.79 Å². The Hall–Kier alpha value is -1.21. The zero-order valence-corrected chi connectivity index (χ0v) is 17.4. The van der Waals surface area contributed by atoms with E-state index in [1.807, 2.05) is 31.2 Å². The normalized spacial score (nSPS) is 45.8. The van der Waals surface area contributed by atoms with Gasteiger partial charge in [0, 0.05) is 12.3 Å². The highest BCUT2D eigenvalue weighted by atomic mass is 17.3. The summed E-state index contributed by atoms with van der Waals surface area (Å²) in [6, 6.07) is 0. The average molecular weight is 405 g/mol. The van der Waals surface area contributed by atoms with Crippen molar-refractivity contribution in [3.63, 3.8) is 0 Å². The molecular formula is C23H32O6. The SMILES string of the molecule is C[C@H]1C(CCCOC(=O)C2C=CC=C2)O[C@@H]2OC3(C)CC[C@H]4CCCC1[C@]42OO3. The van der Waals surface area contributed by atoms with Gasteiger partial charge in [-0.2, -0.15) is 0 Å². The minimum absolute atomic E-state index is 0.0749. The molecule has 0 aromatic carbocycles. The Morgan fingerprint density at radius 1 is 1.17 bits per heavy atom. The fourth-order valence-electron chi connectivity index (χ4n) is 6.10. The van der Waals surface area contributed by atoms with Gasteiger partial charge in [0.25, 0.3) is 0 Å². The van der Waals surface area contributed by atoms with Crippen molar-refractivity contribution >= 4 is 5.97 Å². The van der Waals surface area contributed by atoms with Gasteiger partial charge >= 0.3 is 5.97 Å². The number of rotatable bonds is 5. The number of allylic oxidation sites excluding steroid dienone is 2. The van der Waals surface area contributed by atoms with Crippen LogP contribution in [0.4, 0.5) is 0 Å². The third-order valence-electron chi connectivity index (χ3n) is 7.74. The van der Waals surface area contributed by atoms with E-state index in [1.165, 1.54) is 6.42 Å². The Morgan fingerprint density at radius 3 is 2.83 bits per heavy atom. The molecule has 0 amide bonds. The number of carbonyl (C=O) groups is 1. The highest BCUT2D eigenvalue weighted by Gasteiger charge is 2.67. The summed E-state index contributed by atoms with van der Waals surface area (Å²) >= 11 is 0. The third kappa shape index (κ3) is 3.29. The number of carbonyl (C=O) groups excluding carboxylic acids is 1. The molecule has 7 atom stereocenters. The van der Waals surface area contributed by atoms with E-state index in [2.05, 4.69) is 6.92 Å². The molecule has 4 aliphatic heterocycles. The van der Waals surface area contributed by atoms with E-state index in [1.54, 1.807) is 0 Å². The second-order valence-electron chi connectivity index (χ2n) is 9.52. The minimum Gasteiger partial charge on any atom is -0.465 e. The molecule has 2 aliphatic carbocycles. The summed E-state index contributed by atoms with van der Waals surface area (Å²) in [6.07, 6.45) is 14.2. The van der Waals surface area contributed by atoms with Gasteiger partial charge in [0.15, 0.2) is 11.9 Å². The lowest BCUT2D eigenvalue weighted by atomic mass is 9.60. The van der Waals surface area contributed by atoms with Gasteiger partial charge < -0.3 is 14.2 Å². The molecule has 0 aromatic heterocycles. The highest BCUT2D eigenvalue weighted by molar-refractivity contribution is 5.77. The fourth-order valence-corrected chi connectivity index (χ4v) is 6.10. The number of hydrogen-bond donors (Lipinski definition) is 0. The van der Waals surface area contributed by atoms with Gasteiger partial charge in [-0.15, -0.1) is 0 Å². The van der Waals surface area contributed by atoms with Crippen LogP contribution in [0.2, 0.25) is 0 Å². The molecule has 4 heterocycles. The van der Waals surface area contributed by atoms with Crippen LogP contribution < -0.4 is 0 Å². The maximum Gasteiger partial charge on any atom is 0.316 e. The standard InChI is InChI=1S/C23H32O6/c1-15-18-10-5-9-17-12-13-22(2)27-21(23(17,18)29-28-22)26-19(15)11-6-14-25-20(24)16-7-3-4-8-16/h3-4,7-8,15-19,21H,5-6,9-14H2,1-2H3/t15-,17-,18?,19?,21-,22?,23-/m1/s1. The second-order valence-corrected chi connectivity index (χ2v) is 9.52. The van der Waals surface area contributed by atoms with Crippen LogP contribution in [0.3, 0.4) is 0 Å². The third-order valence-corrected chi connectivity index (χ3v) is 7.74. The number of ether oxygens (including phenoxy) is 3. The Bertz CT molecular complexity index is 691. The van der Waals surface area contributed by atoms with Crippen molar-refractivity contribution in [2.24, 2.45) is 23.7 Å². The molecule has 6 rings (SSSR count). The molecular weight excluding hydrogens is 372 g/mol. The van der Waals surface area contributed by atoms with Crippen molar-refractivity contribution < 1.29 is 28.8 Å². The molecule has 0 radical (unpaired) electrons. The monoisotopic (exact) mass is 404 g/mol. The fraction of sp³-hybridized carbons (Fsp3) is 0.783. The maximum absolute atomic E-state index is 12.0. The molecule has 6 aliphatic rings. The zero-order chi connectivity index (χ0) is 20.1. The van der Waals surface area contributed by atoms with Crippen LogP contribution in [0.5, 0.6) is 0 Å². The lowest BCUT2D eigenvalue weighted by Crippen LogP contribution is -2.69. The number of fused-ring (bicyclic) bond motifs is 2. The van der Waals surface area contributed by atoms with E-state index < -0.39 is 11.4 Å². The van der Waals surface area contributed by atoms with Crippen molar-refractivity contribution in [3.8, 4) is 0 Å². The molecule has 5 fully saturated rings. The Morgan fingerprint density at radius 2 is 2.00 bits per heavy atom. The molecule has 1 spiro atoms. The molecule has 3 unspecified atom stereocenters. The van der Waals surface area contributed by atoms with Crippen LogP contribution in [-0.4, -0.2) is 36.4 Å². The quantitative estimate of drug-likeness (QED) is 0.391. The van der Waals surface area contributed by atoms with E-state index in [9.17, 15) is 4.79 Å². The van der Waals surface area contributed by atoms with Crippen LogP contribution in [0, 0.1) is 23.7 Å². The van der Waals surface area contributed by atoms with Crippen LogP contribution in [-0.2, 0) is 28.8 Å². The van der Waals surface area contributed by atoms with Crippen molar-refractivity contribution in [2.75, 3.05) is 6.61 Å². The summed E-state index contributed by atoms with van der Waals surface area (Å²) in [4.78, 5) is 24.0. The van der Waals surface area contributed by atoms with E-state index >= 15 is 0 Å². The van der Waals surface area contributed by atoms with E-state index in [0.29, 0.717) is 24.4 Å². The first-order chi connectivity index (χ1) is 14.0. The topological polar surface area (TPSA) is 63.2 Å². The average Bonchev–Trinajstić information content (AvgIpc) is 3.17. The van der Waals surface area contributed by atoms with E-state index in [4.69, 9.17) is 24.0 Å². The van der Waals surface area contributed by atoms with Gasteiger partial charge in [-0.05, 0) is 50.9 Å². The van der Waals surface area contributed by atoms with Gasteiger partial charge in [-0.25, -0.2) is 9.78 Å². The van der Waals surface area contributed by atoms with Crippen molar-refractivity contribution in [2.45, 2.75) is 82.6 Å². The summed E-state index contributed by atoms with van der Waals surface area (Å²) in [6.45, 7) is 4.64. The molecule has 6 heteroatoms. The van der Waals surface area contributed by atoms with Crippen molar-refractivity contribution in [1.29, 1.82) is 0 Å². The molecule has 0 aromatic rings. The lowest BCUT2D eigenvalue weighted by Gasteiger charge is -2.59. The van der Waals surface area contributed by atoms with Crippen molar-refractivity contribution in [3.05, 3.63) is 24.3 Å². The minimum atomic E-state index is -0.721. The molecule has 29 heavy (non-hydrogen) atoms. The smallest absolute Gasteiger partial charge is 0.316 e. The Kier molecular flexibility index (Phi) is 5.09. The summed E-state index contributed by atoms with van der Waals surface area (Å²) in [7, 11) is 0. The molecule has 4 saturated heterocycles. The predicted molar refractivity (Wildman–Crippen MR) is 104 cm³/mol. The lowest BCUT2D eigenvalue weighted by molar-refractivity contribution is -0.569. The second kappa shape index (κ2) is 7.49. The Balaban J connectivity index is 1.23. The number of hydrogen-bond acceptors (Lipinski definition) is 6. The Labute approximate surface area is 172 Å². The van der Waals surface area contributed by atoms with Crippen LogP contribution in [0.15, 0.2) is 24.3 Å². The van der Waals surface area contributed by atoms with Crippen molar-refractivity contribution in [1.82, 2.24) is 0 Å². The van der Waals surface area contributed by atoms with Gasteiger partial charge in [0.05, 0.1) is 18.6 Å². The summed E-state index contributed by atoms with van der Waals surface area (Å²) < 4.78 is 18.3. The van der Waals surface area contributed by atoms with Crippen LogP contribution in [0.1, 0.15) is 58.8 Å². The highest BCUT2D eigenvalue weighted by Crippen LogP contribution is 2.59. The van der Waals surface area contributed by atoms with E-state index in [-0.39, 0.29) is 24.3 Å². The molecule has 6 nitrogen and oxygen atoms in total. The van der Waals surface area contributed by atoms with Gasteiger partial charge in [-0.3, -0.25) is 4.79 Å². The number of esters is 1. The molecule has 1 saturated carbocycles. The van der Waals surface area contributed by atoms with E-state index in [0.717, 1.165) is 38.5 Å². The summed E-state index contributed by atoms with van der Waals surface area (Å²) in [5.41, 5.74) is -0.474. The first-order valence-electron chi connectivity index (χ1n) is 11.2. The summed E-state index contributed by atoms with van der Waals surface area (Å²) in [5, 5.41) is 0. The maximum atomic E-state index is 12.0. The van der Waals surface area contributed by atoms with Gasteiger partial charge in [-0.1, -0.05) is 37.6 Å².